The molecule has 0 aliphatic rings. The molecule has 2 rings (SSSR count). The molecule has 3 heteroatoms. The SMILES string of the molecule is CNC(COc1ccccc1)Cc1ccsc1. The highest BCUT2D eigenvalue weighted by atomic mass is 32.1. The van der Waals surface area contributed by atoms with Gasteiger partial charge in [-0.05, 0) is 48.0 Å². The molecule has 2 aromatic rings. The molecule has 1 unspecified atom stereocenters. The van der Waals surface area contributed by atoms with Crippen molar-refractivity contribution >= 4 is 11.3 Å². The number of likely N-dealkylation sites (N-methyl/N-ethyl adjacent to an activating group) is 1. The number of rotatable bonds is 6. The molecule has 0 aliphatic heterocycles. The average Bonchev–Trinajstić information content (AvgIpc) is 2.88. The zero-order valence-corrected chi connectivity index (χ0v) is 10.7. The summed E-state index contributed by atoms with van der Waals surface area (Å²) in [6, 6.07) is 12.5. The van der Waals surface area contributed by atoms with E-state index in [1.165, 1.54) is 5.56 Å². The normalized spacial score (nSPS) is 12.3. The van der Waals surface area contributed by atoms with E-state index < -0.39 is 0 Å². The molecule has 2 nitrogen and oxygen atoms in total. The predicted octanol–water partition coefficient (Wildman–Crippen LogP) is 2.96. The van der Waals surface area contributed by atoms with Crippen LogP contribution in [0.5, 0.6) is 5.75 Å². The molecule has 0 saturated carbocycles. The molecule has 0 bridgehead atoms. The maximum Gasteiger partial charge on any atom is 0.119 e. The minimum atomic E-state index is 0.352. The van der Waals surface area contributed by atoms with Gasteiger partial charge < -0.3 is 10.1 Å². The first-order valence-electron chi connectivity index (χ1n) is 5.74. The molecule has 0 fully saturated rings. The molecule has 0 aliphatic carbocycles. The van der Waals surface area contributed by atoms with E-state index in [4.69, 9.17) is 4.74 Å². The van der Waals surface area contributed by atoms with Crippen LogP contribution in [0.25, 0.3) is 0 Å². The fourth-order valence-electron chi connectivity index (χ4n) is 1.65. The molecule has 17 heavy (non-hydrogen) atoms. The van der Waals surface area contributed by atoms with Gasteiger partial charge in [0.1, 0.15) is 12.4 Å². The molecular weight excluding hydrogens is 230 g/mol. The summed E-state index contributed by atoms with van der Waals surface area (Å²) in [5.74, 6) is 0.929. The molecule has 0 saturated heterocycles. The van der Waals surface area contributed by atoms with Gasteiger partial charge in [0.05, 0.1) is 0 Å². The minimum absolute atomic E-state index is 0.352. The molecule has 1 aromatic heterocycles. The Morgan fingerprint density at radius 1 is 1.24 bits per heavy atom. The fourth-order valence-corrected chi connectivity index (χ4v) is 2.33. The Balaban J connectivity index is 1.84. The highest BCUT2D eigenvalue weighted by Gasteiger charge is 2.08. The molecule has 1 N–H and O–H groups in total. The number of hydrogen-bond acceptors (Lipinski definition) is 3. The van der Waals surface area contributed by atoms with E-state index in [9.17, 15) is 0 Å². The van der Waals surface area contributed by atoms with Crippen LogP contribution in [0.2, 0.25) is 0 Å². The summed E-state index contributed by atoms with van der Waals surface area (Å²) in [7, 11) is 1.98. The summed E-state index contributed by atoms with van der Waals surface area (Å²) in [4.78, 5) is 0. The van der Waals surface area contributed by atoms with Crippen LogP contribution in [0.4, 0.5) is 0 Å². The Morgan fingerprint density at radius 2 is 2.06 bits per heavy atom. The van der Waals surface area contributed by atoms with E-state index in [1.54, 1.807) is 11.3 Å². The fraction of sp³-hybridized carbons (Fsp3) is 0.286. The van der Waals surface area contributed by atoms with Gasteiger partial charge in [0, 0.05) is 6.04 Å². The molecule has 1 heterocycles. The van der Waals surface area contributed by atoms with Crippen molar-refractivity contribution in [1.29, 1.82) is 0 Å². The zero-order chi connectivity index (χ0) is 11.9. The maximum atomic E-state index is 5.75. The van der Waals surface area contributed by atoms with Crippen LogP contribution in [0.15, 0.2) is 47.2 Å². The Hall–Kier alpha value is -1.32. The van der Waals surface area contributed by atoms with Crippen molar-refractivity contribution in [3.8, 4) is 5.75 Å². The van der Waals surface area contributed by atoms with Gasteiger partial charge in [0.15, 0.2) is 0 Å². The summed E-state index contributed by atoms with van der Waals surface area (Å²) in [5.41, 5.74) is 1.37. The molecule has 0 radical (unpaired) electrons. The maximum absolute atomic E-state index is 5.75. The van der Waals surface area contributed by atoms with E-state index in [0.717, 1.165) is 12.2 Å². The Bertz CT molecular complexity index is 413. The lowest BCUT2D eigenvalue weighted by molar-refractivity contribution is 0.270. The van der Waals surface area contributed by atoms with Gasteiger partial charge in [-0.1, -0.05) is 18.2 Å². The van der Waals surface area contributed by atoms with Crippen molar-refractivity contribution < 1.29 is 4.74 Å². The highest BCUT2D eigenvalue weighted by molar-refractivity contribution is 7.07. The molecule has 0 spiro atoms. The van der Waals surface area contributed by atoms with Crippen molar-refractivity contribution in [3.05, 3.63) is 52.7 Å². The van der Waals surface area contributed by atoms with Gasteiger partial charge in [-0.2, -0.15) is 11.3 Å². The lowest BCUT2D eigenvalue weighted by Gasteiger charge is -2.16. The standard InChI is InChI=1S/C14H17NOS/c1-15-13(9-12-7-8-17-11-12)10-16-14-5-3-2-4-6-14/h2-8,11,13,15H,9-10H2,1H3. The Morgan fingerprint density at radius 3 is 2.71 bits per heavy atom. The lowest BCUT2D eigenvalue weighted by Crippen LogP contribution is -2.33. The van der Waals surface area contributed by atoms with Crippen LogP contribution in [-0.2, 0) is 6.42 Å². The monoisotopic (exact) mass is 247 g/mol. The second-order valence-corrected chi connectivity index (χ2v) is 4.73. The van der Waals surface area contributed by atoms with Crippen molar-refractivity contribution in [1.82, 2.24) is 5.32 Å². The first kappa shape index (κ1) is 12.1. The number of para-hydroxylation sites is 1. The molecule has 1 atom stereocenters. The van der Waals surface area contributed by atoms with E-state index in [-0.39, 0.29) is 0 Å². The van der Waals surface area contributed by atoms with Gasteiger partial charge >= 0.3 is 0 Å². The first-order valence-corrected chi connectivity index (χ1v) is 6.69. The average molecular weight is 247 g/mol. The van der Waals surface area contributed by atoms with Gasteiger partial charge in [-0.15, -0.1) is 0 Å². The largest absolute Gasteiger partial charge is 0.492 e. The van der Waals surface area contributed by atoms with Crippen molar-refractivity contribution in [3.63, 3.8) is 0 Å². The topological polar surface area (TPSA) is 21.3 Å². The van der Waals surface area contributed by atoms with Gasteiger partial charge in [-0.3, -0.25) is 0 Å². The number of ether oxygens (including phenoxy) is 1. The Labute approximate surface area is 106 Å². The van der Waals surface area contributed by atoms with Crippen LogP contribution in [0.1, 0.15) is 5.56 Å². The summed E-state index contributed by atoms with van der Waals surface area (Å²) < 4.78 is 5.75. The molecule has 90 valence electrons. The van der Waals surface area contributed by atoms with Crippen LogP contribution >= 0.6 is 11.3 Å². The first-order chi connectivity index (χ1) is 8.38. The summed E-state index contributed by atoms with van der Waals surface area (Å²) in [6.45, 7) is 0.691. The minimum Gasteiger partial charge on any atom is -0.492 e. The van der Waals surface area contributed by atoms with Crippen LogP contribution in [0.3, 0.4) is 0 Å². The predicted molar refractivity (Wildman–Crippen MR) is 72.8 cm³/mol. The van der Waals surface area contributed by atoms with Crippen LogP contribution in [-0.4, -0.2) is 19.7 Å². The van der Waals surface area contributed by atoms with Crippen molar-refractivity contribution in [2.75, 3.05) is 13.7 Å². The van der Waals surface area contributed by atoms with Crippen LogP contribution < -0.4 is 10.1 Å². The number of nitrogens with one attached hydrogen (secondary N) is 1. The van der Waals surface area contributed by atoms with Gasteiger partial charge in [0.2, 0.25) is 0 Å². The third-order valence-corrected chi connectivity index (χ3v) is 3.40. The number of thiophene rings is 1. The zero-order valence-electron chi connectivity index (χ0n) is 9.93. The number of benzene rings is 1. The molecule has 0 amide bonds. The van der Waals surface area contributed by atoms with Gasteiger partial charge in [0.25, 0.3) is 0 Å². The smallest absolute Gasteiger partial charge is 0.119 e. The van der Waals surface area contributed by atoms with E-state index in [2.05, 4.69) is 22.1 Å². The quantitative estimate of drug-likeness (QED) is 0.847. The third kappa shape index (κ3) is 3.88. The lowest BCUT2D eigenvalue weighted by atomic mass is 10.1. The second-order valence-electron chi connectivity index (χ2n) is 3.95. The summed E-state index contributed by atoms with van der Waals surface area (Å²) in [5, 5.41) is 7.59. The summed E-state index contributed by atoms with van der Waals surface area (Å²) in [6.07, 6.45) is 1.01. The van der Waals surface area contributed by atoms with Crippen molar-refractivity contribution in [2.45, 2.75) is 12.5 Å². The molecule has 1 aromatic carbocycles. The highest BCUT2D eigenvalue weighted by Crippen LogP contribution is 2.11. The summed E-state index contributed by atoms with van der Waals surface area (Å²) >= 11 is 1.74. The van der Waals surface area contributed by atoms with E-state index in [0.29, 0.717) is 12.6 Å². The van der Waals surface area contributed by atoms with Crippen molar-refractivity contribution in [2.24, 2.45) is 0 Å². The Kier molecular flexibility index (Phi) is 4.59. The number of hydrogen-bond donors (Lipinski definition) is 1. The van der Waals surface area contributed by atoms with Gasteiger partial charge in [-0.25, -0.2) is 0 Å². The third-order valence-electron chi connectivity index (χ3n) is 2.66. The second kappa shape index (κ2) is 6.42. The van der Waals surface area contributed by atoms with Crippen LogP contribution in [0, 0.1) is 0 Å². The van der Waals surface area contributed by atoms with E-state index in [1.807, 2.05) is 37.4 Å². The van der Waals surface area contributed by atoms with E-state index >= 15 is 0 Å². The molecular formula is C14H17NOS.